The van der Waals surface area contributed by atoms with Crippen LogP contribution in [-0.2, 0) is 19.1 Å². The molecule has 6 atom stereocenters. The van der Waals surface area contributed by atoms with Crippen LogP contribution in [0.1, 0.15) is 53.9 Å². The smallest absolute Gasteiger partial charge is 0.309 e. The Morgan fingerprint density at radius 3 is 2.67 bits per heavy atom. The molecule has 1 heterocycles. The van der Waals surface area contributed by atoms with Gasteiger partial charge in [0.05, 0.1) is 12.5 Å². The fourth-order valence-corrected chi connectivity index (χ4v) is 3.18. The van der Waals surface area contributed by atoms with E-state index in [2.05, 4.69) is 0 Å². The van der Waals surface area contributed by atoms with Gasteiger partial charge in [0.15, 0.2) is 0 Å². The second kappa shape index (κ2) is 12.0. The lowest BCUT2D eigenvalue weighted by molar-refractivity contribution is -0.157. The summed E-state index contributed by atoms with van der Waals surface area (Å²) >= 11 is 0. The van der Waals surface area contributed by atoms with Crippen molar-refractivity contribution in [2.45, 2.75) is 77.8 Å². The average Bonchev–Trinajstić information content (AvgIpc) is 2.66. The summed E-state index contributed by atoms with van der Waals surface area (Å²) in [5, 5.41) is 30.1. The van der Waals surface area contributed by atoms with Gasteiger partial charge in [0, 0.05) is 19.4 Å². The average molecular weight is 425 g/mol. The Labute approximate surface area is 179 Å². The van der Waals surface area contributed by atoms with Crippen LogP contribution in [0, 0.1) is 11.8 Å². The van der Waals surface area contributed by atoms with Gasteiger partial charge in [-0.1, -0.05) is 38.2 Å². The molecule has 0 aromatic heterocycles. The van der Waals surface area contributed by atoms with Crippen molar-refractivity contribution in [1.82, 2.24) is 0 Å². The molecule has 3 N–H and O–H groups in total. The van der Waals surface area contributed by atoms with E-state index in [1.54, 1.807) is 25.2 Å². The summed E-state index contributed by atoms with van der Waals surface area (Å²) in [5.41, 5.74) is -0.612. The van der Waals surface area contributed by atoms with Crippen LogP contribution in [0.15, 0.2) is 36.0 Å². The maximum Gasteiger partial charge on any atom is 0.309 e. The first-order valence-corrected chi connectivity index (χ1v) is 10.4. The Bertz CT molecular complexity index is 662. The normalized spacial score (nSPS) is 33.9. The predicted octanol–water partition coefficient (Wildman–Crippen LogP) is 2.45. The molecule has 1 aliphatic heterocycles. The van der Waals surface area contributed by atoms with E-state index in [1.807, 2.05) is 32.9 Å². The summed E-state index contributed by atoms with van der Waals surface area (Å²) in [6, 6.07) is 0. The van der Waals surface area contributed by atoms with Crippen LogP contribution in [-0.4, -0.2) is 57.8 Å². The van der Waals surface area contributed by atoms with Crippen LogP contribution in [0.5, 0.6) is 0 Å². The molecule has 0 spiro atoms. The quantitative estimate of drug-likeness (QED) is 0.353. The Morgan fingerprint density at radius 1 is 1.40 bits per heavy atom. The van der Waals surface area contributed by atoms with Gasteiger partial charge in [-0.2, -0.15) is 0 Å². The standard InChI is InChI=1S/C23H36O7/c1-15(14-24)7-6-8-16(2)22-17(3)9-10-20(29-18(4)25)23(5,28)12-11-19(26)13-21(27)30-22/h6-10,15,17,19-20,22,24,26,28H,11-14H2,1-5H3/b7-6+,10-9+,16-8+/t15-,17+,19-,20+,22-,23-/m1/s1. The van der Waals surface area contributed by atoms with E-state index >= 15 is 0 Å². The highest BCUT2D eigenvalue weighted by Crippen LogP contribution is 2.26. The Kier molecular flexibility index (Phi) is 10.5. The van der Waals surface area contributed by atoms with Crippen molar-refractivity contribution >= 4 is 11.9 Å². The van der Waals surface area contributed by atoms with Crippen molar-refractivity contribution in [3.05, 3.63) is 36.0 Å². The van der Waals surface area contributed by atoms with Crippen molar-refractivity contribution in [2.24, 2.45) is 11.8 Å². The number of hydrogen-bond acceptors (Lipinski definition) is 7. The third-order valence-electron chi connectivity index (χ3n) is 5.15. The molecule has 0 saturated carbocycles. The number of carbonyl (C=O) groups excluding carboxylic acids is 2. The van der Waals surface area contributed by atoms with Gasteiger partial charge in [0.1, 0.15) is 17.8 Å². The summed E-state index contributed by atoms with van der Waals surface area (Å²) in [4.78, 5) is 23.9. The van der Waals surface area contributed by atoms with Gasteiger partial charge in [-0.3, -0.25) is 9.59 Å². The van der Waals surface area contributed by atoms with Crippen molar-refractivity contribution in [1.29, 1.82) is 0 Å². The molecule has 0 aromatic carbocycles. The molecule has 7 heteroatoms. The highest BCUT2D eigenvalue weighted by Gasteiger charge is 2.34. The number of allylic oxidation sites excluding steroid dienone is 2. The van der Waals surface area contributed by atoms with Gasteiger partial charge < -0.3 is 24.8 Å². The highest BCUT2D eigenvalue weighted by atomic mass is 16.6. The fourth-order valence-electron chi connectivity index (χ4n) is 3.18. The first kappa shape index (κ1) is 26.1. The molecule has 1 aliphatic rings. The maximum atomic E-state index is 12.4. The largest absolute Gasteiger partial charge is 0.457 e. The van der Waals surface area contributed by atoms with E-state index in [4.69, 9.17) is 14.6 Å². The summed E-state index contributed by atoms with van der Waals surface area (Å²) < 4.78 is 10.9. The van der Waals surface area contributed by atoms with Gasteiger partial charge in [-0.25, -0.2) is 0 Å². The molecule has 7 nitrogen and oxygen atoms in total. The Balaban J connectivity index is 3.22. The molecule has 0 unspecified atom stereocenters. The first-order valence-electron chi connectivity index (χ1n) is 10.4. The lowest BCUT2D eigenvalue weighted by Gasteiger charge is -2.32. The van der Waals surface area contributed by atoms with Gasteiger partial charge in [0.25, 0.3) is 0 Å². The molecule has 0 fully saturated rings. The Morgan fingerprint density at radius 2 is 2.07 bits per heavy atom. The molecule has 0 saturated heterocycles. The molecular formula is C23H36O7. The monoisotopic (exact) mass is 424 g/mol. The number of cyclic esters (lactones) is 1. The molecule has 0 aliphatic carbocycles. The van der Waals surface area contributed by atoms with Crippen molar-refractivity contribution in [2.75, 3.05) is 6.61 Å². The zero-order valence-electron chi connectivity index (χ0n) is 18.6. The number of aliphatic hydroxyl groups is 3. The lowest BCUT2D eigenvalue weighted by Crippen LogP contribution is -2.42. The molecule has 30 heavy (non-hydrogen) atoms. The van der Waals surface area contributed by atoms with Gasteiger partial charge in [-0.05, 0) is 44.3 Å². The number of rotatable bonds is 5. The number of carbonyl (C=O) groups is 2. The summed E-state index contributed by atoms with van der Waals surface area (Å²) in [6.07, 6.45) is 6.48. The van der Waals surface area contributed by atoms with Crippen LogP contribution in [0.4, 0.5) is 0 Å². The van der Waals surface area contributed by atoms with E-state index < -0.39 is 35.9 Å². The maximum absolute atomic E-state index is 12.4. The first-order chi connectivity index (χ1) is 14.0. The molecule has 0 aromatic rings. The van der Waals surface area contributed by atoms with Crippen molar-refractivity contribution < 1.29 is 34.4 Å². The third kappa shape index (κ3) is 8.81. The van der Waals surface area contributed by atoms with Gasteiger partial charge >= 0.3 is 11.9 Å². The van der Waals surface area contributed by atoms with Crippen LogP contribution < -0.4 is 0 Å². The number of hydrogen-bond donors (Lipinski definition) is 3. The minimum Gasteiger partial charge on any atom is -0.457 e. The Hall–Kier alpha value is -1.96. The third-order valence-corrected chi connectivity index (χ3v) is 5.15. The minimum atomic E-state index is -1.39. The summed E-state index contributed by atoms with van der Waals surface area (Å²) in [7, 11) is 0. The SMILES string of the molecule is CC(=O)O[C@H]1/C=C/[C@H](C)[C@@H](/C(C)=C/C=C/[C@@H](C)CO)OC(=O)C[C@H](O)CC[C@@]1(C)O. The van der Waals surface area contributed by atoms with Gasteiger partial charge in [-0.15, -0.1) is 0 Å². The molecule has 0 amide bonds. The topological polar surface area (TPSA) is 113 Å². The van der Waals surface area contributed by atoms with Crippen LogP contribution in [0.25, 0.3) is 0 Å². The molecular weight excluding hydrogens is 388 g/mol. The second-order valence-electron chi connectivity index (χ2n) is 8.39. The van der Waals surface area contributed by atoms with E-state index in [0.717, 1.165) is 5.57 Å². The van der Waals surface area contributed by atoms with E-state index in [-0.39, 0.29) is 37.7 Å². The van der Waals surface area contributed by atoms with Crippen LogP contribution in [0.2, 0.25) is 0 Å². The molecule has 0 bridgehead atoms. The summed E-state index contributed by atoms with van der Waals surface area (Å²) in [5.74, 6) is -1.32. The number of ether oxygens (including phenoxy) is 2. The lowest BCUT2D eigenvalue weighted by atomic mass is 9.88. The zero-order chi connectivity index (χ0) is 22.9. The van der Waals surface area contributed by atoms with E-state index in [1.165, 1.54) is 6.92 Å². The van der Waals surface area contributed by atoms with E-state index in [9.17, 15) is 19.8 Å². The fraction of sp³-hybridized carbons (Fsp3) is 0.652. The number of aliphatic hydroxyl groups excluding tert-OH is 2. The minimum absolute atomic E-state index is 0.00657. The summed E-state index contributed by atoms with van der Waals surface area (Å²) in [6.45, 7) is 8.42. The predicted molar refractivity (Wildman–Crippen MR) is 113 cm³/mol. The molecule has 1 rings (SSSR count). The van der Waals surface area contributed by atoms with E-state index in [0.29, 0.717) is 0 Å². The van der Waals surface area contributed by atoms with Gasteiger partial charge in [0.2, 0.25) is 0 Å². The van der Waals surface area contributed by atoms with Crippen LogP contribution >= 0.6 is 0 Å². The second-order valence-corrected chi connectivity index (χ2v) is 8.39. The van der Waals surface area contributed by atoms with Crippen LogP contribution in [0.3, 0.4) is 0 Å². The zero-order valence-corrected chi connectivity index (χ0v) is 18.6. The molecule has 170 valence electrons. The highest BCUT2D eigenvalue weighted by molar-refractivity contribution is 5.70. The molecule has 0 radical (unpaired) electrons. The van der Waals surface area contributed by atoms with Crippen molar-refractivity contribution in [3.8, 4) is 0 Å². The number of esters is 2. The van der Waals surface area contributed by atoms with Crippen molar-refractivity contribution in [3.63, 3.8) is 0 Å².